The van der Waals surface area contributed by atoms with Gasteiger partial charge >= 0.3 is 11.9 Å². The van der Waals surface area contributed by atoms with Crippen LogP contribution in [0.3, 0.4) is 0 Å². The van der Waals surface area contributed by atoms with Crippen LogP contribution >= 0.6 is 0 Å². The number of benzene rings is 1. The molecule has 0 aliphatic rings. The molecular weight excluding hydrogens is 899 g/mol. The monoisotopic (exact) mass is 972 g/mol. The second-order valence-corrected chi connectivity index (χ2v) is 18.2. The fraction of sp³-hybridized carbons (Fsp3) is 0.609. The fourth-order valence-electron chi connectivity index (χ4n) is 7.15. The molecule has 1 aromatic heterocycles. The number of hydrogen-bond donors (Lipinski definition) is 13. The number of H-pyrrole nitrogens is 1. The van der Waals surface area contributed by atoms with Crippen molar-refractivity contribution in [3.63, 3.8) is 0 Å². The number of rotatable bonds is 31. The van der Waals surface area contributed by atoms with E-state index in [1.54, 1.807) is 20.0 Å². The Kier molecular flexibility index (Phi) is 24.9. The second-order valence-electron chi connectivity index (χ2n) is 18.2. The molecule has 0 saturated carbocycles. The highest BCUT2D eigenvalue weighted by Gasteiger charge is 2.33. The highest BCUT2D eigenvalue weighted by atomic mass is 16.4. The third kappa shape index (κ3) is 21.1. The minimum Gasteiger partial charge on any atom is -0.481 e. The summed E-state index contributed by atoms with van der Waals surface area (Å²) in [6.07, 6.45) is 2.19. The van der Waals surface area contributed by atoms with E-state index in [1.807, 2.05) is 52.0 Å². The van der Waals surface area contributed by atoms with Crippen LogP contribution in [-0.4, -0.2) is 136 Å². The van der Waals surface area contributed by atoms with Crippen molar-refractivity contribution in [2.24, 2.45) is 29.2 Å². The van der Waals surface area contributed by atoms with Crippen molar-refractivity contribution in [2.75, 3.05) is 19.6 Å². The number of carbonyl (C=O) groups excluding carboxylic acids is 8. The molecule has 0 spiro atoms. The molecule has 0 fully saturated rings. The second kappa shape index (κ2) is 29.3. The molecule has 384 valence electrons. The first-order valence-electron chi connectivity index (χ1n) is 23.2. The number of nitrogens with two attached hydrogens (primary N) is 2. The predicted molar refractivity (Wildman–Crippen MR) is 254 cm³/mol. The summed E-state index contributed by atoms with van der Waals surface area (Å²) in [6, 6.07) is -1.03. The highest BCUT2D eigenvalue weighted by molar-refractivity contribution is 5.97. The topological polar surface area (TPSA) is 375 Å². The zero-order chi connectivity index (χ0) is 52.0. The van der Waals surface area contributed by atoms with Gasteiger partial charge in [0, 0.05) is 29.9 Å². The standard InChI is InChI=1S/C46H73N11O12/c1-24(2)18-30(48)41(63)55-34(19-25(3)4)44(66)56-35(20-28-21-49-31-13-9-8-12-29(28)31)45(67)54-32(14-10-11-17-47)42(64)51-23-37(59)53-33(15-16-38(60)61)43(65)50-22-36(58)52-27(7)40(62)57-39(26(5)6)46(68)69/h8-9,12-13,21,24-27,30,32-35,39,49H,10-11,14-20,22-23,47-48H2,1-7H3,(H,50,65)(H,51,64)(H,52,58)(H,53,59)(H,54,67)(H,55,63)(H,56,66)(H,57,62)(H,60,61)(H,68,69)/t27-,30-,32-,33-,34-,35-,39-/m0/s1. The van der Waals surface area contributed by atoms with Gasteiger partial charge in [0.05, 0.1) is 19.1 Å². The first kappa shape index (κ1) is 58.5. The number of aromatic nitrogens is 1. The highest BCUT2D eigenvalue weighted by Crippen LogP contribution is 2.20. The number of fused-ring (bicyclic) bond motifs is 1. The molecule has 1 aromatic carbocycles. The number of carboxylic acid groups (broad SMARTS) is 2. The summed E-state index contributed by atoms with van der Waals surface area (Å²) < 4.78 is 0. The van der Waals surface area contributed by atoms with Crippen molar-refractivity contribution in [1.29, 1.82) is 0 Å². The molecule has 2 rings (SSSR count). The van der Waals surface area contributed by atoms with Crippen LogP contribution in [0.2, 0.25) is 0 Å². The molecule has 0 unspecified atom stereocenters. The van der Waals surface area contributed by atoms with Gasteiger partial charge in [-0.05, 0) is 81.4 Å². The van der Waals surface area contributed by atoms with Gasteiger partial charge in [0.1, 0.15) is 36.3 Å². The number of hydrogen-bond acceptors (Lipinski definition) is 12. The van der Waals surface area contributed by atoms with E-state index in [9.17, 15) is 58.2 Å². The van der Waals surface area contributed by atoms with Crippen molar-refractivity contribution in [3.05, 3.63) is 36.0 Å². The molecular formula is C46H73N11O12. The van der Waals surface area contributed by atoms with Gasteiger partial charge in [-0.1, -0.05) is 59.7 Å². The quantitative estimate of drug-likeness (QED) is 0.0405. The van der Waals surface area contributed by atoms with E-state index in [-0.39, 0.29) is 37.6 Å². The summed E-state index contributed by atoms with van der Waals surface area (Å²) in [5.41, 5.74) is 13.3. The van der Waals surface area contributed by atoms with E-state index in [0.29, 0.717) is 24.8 Å². The molecule has 0 saturated heterocycles. The molecule has 0 aliphatic heterocycles. The number of para-hydroxylation sites is 1. The lowest BCUT2D eigenvalue weighted by Gasteiger charge is -2.27. The average Bonchev–Trinajstić information content (AvgIpc) is 3.68. The zero-order valence-corrected chi connectivity index (χ0v) is 40.6. The number of unbranched alkanes of at least 4 members (excludes halogenated alkanes) is 1. The van der Waals surface area contributed by atoms with Crippen LogP contribution < -0.4 is 54.0 Å². The molecule has 15 N–H and O–H groups in total. The number of carbonyl (C=O) groups is 10. The normalized spacial score (nSPS) is 14.3. The Labute approximate surface area is 401 Å². The summed E-state index contributed by atoms with van der Waals surface area (Å²) in [4.78, 5) is 133. The van der Waals surface area contributed by atoms with Gasteiger partial charge < -0.3 is 69.2 Å². The molecule has 0 radical (unpaired) electrons. The van der Waals surface area contributed by atoms with Crippen LogP contribution in [0, 0.1) is 17.8 Å². The summed E-state index contributed by atoms with van der Waals surface area (Å²) in [7, 11) is 0. The Hall–Kier alpha value is -6.62. The van der Waals surface area contributed by atoms with Crippen LogP contribution in [0.5, 0.6) is 0 Å². The van der Waals surface area contributed by atoms with E-state index in [4.69, 9.17) is 11.5 Å². The Morgan fingerprint density at radius 2 is 1.16 bits per heavy atom. The lowest BCUT2D eigenvalue weighted by atomic mass is 9.99. The molecule has 8 amide bonds. The number of nitrogens with one attached hydrogen (secondary N) is 9. The minimum absolute atomic E-state index is 0.0301. The van der Waals surface area contributed by atoms with E-state index in [1.165, 1.54) is 6.92 Å². The van der Waals surface area contributed by atoms with E-state index in [2.05, 4.69) is 47.5 Å². The maximum absolute atomic E-state index is 14.3. The smallest absolute Gasteiger partial charge is 0.326 e. The third-order valence-corrected chi connectivity index (χ3v) is 10.9. The number of amides is 8. The van der Waals surface area contributed by atoms with Crippen LogP contribution in [-0.2, 0) is 54.4 Å². The fourth-order valence-corrected chi connectivity index (χ4v) is 7.15. The van der Waals surface area contributed by atoms with Crippen molar-refractivity contribution in [1.82, 2.24) is 47.5 Å². The van der Waals surface area contributed by atoms with E-state index < -0.39 is 133 Å². The van der Waals surface area contributed by atoms with Gasteiger partial charge in [0.15, 0.2) is 0 Å². The van der Waals surface area contributed by atoms with E-state index in [0.717, 1.165) is 10.9 Å². The Morgan fingerprint density at radius 3 is 1.72 bits per heavy atom. The van der Waals surface area contributed by atoms with Crippen molar-refractivity contribution < 1.29 is 58.2 Å². The van der Waals surface area contributed by atoms with E-state index >= 15 is 0 Å². The maximum atomic E-state index is 14.3. The molecule has 2 aromatic rings. The van der Waals surface area contributed by atoms with Gasteiger partial charge in [-0.15, -0.1) is 0 Å². The molecule has 23 nitrogen and oxygen atoms in total. The molecule has 0 aliphatic carbocycles. The Balaban J connectivity index is 2.25. The van der Waals surface area contributed by atoms with Gasteiger partial charge in [0.2, 0.25) is 47.3 Å². The van der Waals surface area contributed by atoms with Crippen LogP contribution in [0.1, 0.15) is 99.0 Å². The number of aliphatic carboxylic acids is 2. The number of carboxylic acids is 2. The summed E-state index contributed by atoms with van der Waals surface area (Å²) in [6.45, 7) is 10.9. The summed E-state index contributed by atoms with van der Waals surface area (Å²) in [5.74, 6) is -9.21. The summed E-state index contributed by atoms with van der Waals surface area (Å²) >= 11 is 0. The molecule has 1 heterocycles. The average molecular weight is 972 g/mol. The van der Waals surface area contributed by atoms with Gasteiger partial charge in [0.25, 0.3) is 0 Å². The van der Waals surface area contributed by atoms with Crippen LogP contribution in [0.4, 0.5) is 0 Å². The molecule has 7 atom stereocenters. The molecule has 0 bridgehead atoms. The Morgan fingerprint density at radius 1 is 0.609 bits per heavy atom. The van der Waals surface area contributed by atoms with Gasteiger partial charge in [-0.2, -0.15) is 0 Å². The van der Waals surface area contributed by atoms with Crippen LogP contribution in [0.25, 0.3) is 10.9 Å². The van der Waals surface area contributed by atoms with Gasteiger partial charge in [-0.3, -0.25) is 43.2 Å². The SMILES string of the molecule is CC(C)C[C@H](NC(=O)[C@@H](N)CC(C)C)C(=O)N[C@@H](Cc1c[nH]c2ccccc12)C(=O)N[C@@H](CCCCN)C(=O)NCC(=O)N[C@@H](CCC(=O)O)C(=O)NCC(=O)N[C@@H](C)C(=O)N[C@H](C(=O)O)C(C)C. The van der Waals surface area contributed by atoms with Crippen LogP contribution in [0.15, 0.2) is 30.5 Å². The van der Waals surface area contributed by atoms with Crippen molar-refractivity contribution in [3.8, 4) is 0 Å². The zero-order valence-electron chi connectivity index (χ0n) is 40.6. The maximum Gasteiger partial charge on any atom is 0.326 e. The summed E-state index contributed by atoms with van der Waals surface area (Å²) in [5, 5.41) is 39.4. The predicted octanol–water partition coefficient (Wildman–Crippen LogP) is -0.975. The third-order valence-electron chi connectivity index (χ3n) is 10.9. The Bertz CT molecular complexity index is 2090. The lowest BCUT2D eigenvalue weighted by molar-refractivity contribution is -0.143. The van der Waals surface area contributed by atoms with Crippen molar-refractivity contribution >= 4 is 70.1 Å². The minimum atomic E-state index is -1.49. The largest absolute Gasteiger partial charge is 0.481 e. The number of aromatic amines is 1. The van der Waals surface area contributed by atoms with Gasteiger partial charge in [-0.25, -0.2) is 4.79 Å². The lowest BCUT2D eigenvalue weighted by Crippen LogP contribution is -2.59. The van der Waals surface area contributed by atoms with Crippen molar-refractivity contribution in [2.45, 2.75) is 142 Å². The molecule has 69 heavy (non-hydrogen) atoms. The molecule has 23 heteroatoms. The first-order valence-corrected chi connectivity index (χ1v) is 23.2. The first-order chi connectivity index (χ1) is 32.4.